The number of hydrogen-bond donors (Lipinski definition) is 1. The van der Waals surface area contributed by atoms with Gasteiger partial charge in [0.1, 0.15) is 41.9 Å². The SMILES string of the molecule is CCOc1cccc2c1nc(CO)n2Cc1ccc2c(c1)COc1cc(F)ccc1C2=C(C)C#N. The van der Waals surface area contributed by atoms with Crippen molar-refractivity contribution >= 4 is 16.6 Å². The maximum Gasteiger partial charge on any atom is 0.147 e. The highest BCUT2D eigenvalue weighted by Crippen LogP contribution is 2.39. The van der Waals surface area contributed by atoms with Crippen LogP contribution in [-0.4, -0.2) is 21.3 Å². The fourth-order valence-electron chi connectivity index (χ4n) is 4.61. The predicted molar refractivity (Wildman–Crippen MR) is 130 cm³/mol. The van der Waals surface area contributed by atoms with Gasteiger partial charge >= 0.3 is 0 Å². The molecule has 5 rings (SSSR count). The van der Waals surface area contributed by atoms with Gasteiger partial charge in [0.05, 0.1) is 18.2 Å². The number of aliphatic hydroxyl groups is 1. The number of aromatic nitrogens is 2. The minimum atomic E-state index is -0.390. The minimum Gasteiger partial charge on any atom is -0.492 e. The van der Waals surface area contributed by atoms with Crippen LogP contribution in [0.25, 0.3) is 16.6 Å². The summed E-state index contributed by atoms with van der Waals surface area (Å²) in [5.41, 5.74) is 6.32. The van der Waals surface area contributed by atoms with Crippen LogP contribution in [-0.2, 0) is 19.8 Å². The zero-order chi connectivity index (χ0) is 24.5. The van der Waals surface area contributed by atoms with Crippen LogP contribution in [0.2, 0.25) is 0 Å². The average molecular weight is 470 g/mol. The number of aliphatic hydroxyl groups excluding tert-OH is 1. The lowest BCUT2D eigenvalue weighted by molar-refractivity contribution is 0.267. The van der Waals surface area contributed by atoms with Crippen LogP contribution >= 0.6 is 0 Å². The van der Waals surface area contributed by atoms with Crippen molar-refractivity contribution in [2.45, 2.75) is 33.6 Å². The van der Waals surface area contributed by atoms with Crippen molar-refractivity contribution in [1.82, 2.24) is 9.55 Å². The molecule has 1 aliphatic heterocycles. The van der Waals surface area contributed by atoms with E-state index in [-0.39, 0.29) is 19.0 Å². The molecule has 0 unspecified atom stereocenters. The largest absolute Gasteiger partial charge is 0.492 e. The lowest BCUT2D eigenvalue weighted by Gasteiger charge is -2.14. The number of hydrogen-bond acceptors (Lipinski definition) is 5. The lowest BCUT2D eigenvalue weighted by atomic mass is 9.90. The summed E-state index contributed by atoms with van der Waals surface area (Å²) in [5.74, 6) is 1.25. The molecule has 2 heterocycles. The number of rotatable bonds is 5. The van der Waals surface area contributed by atoms with E-state index in [1.165, 1.54) is 12.1 Å². The van der Waals surface area contributed by atoms with Crippen LogP contribution in [0.1, 0.15) is 41.9 Å². The molecule has 0 aliphatic carbocycles. The minimum absolute atomic E-state index is 0.205. The highest BCUT2D eigenvalue weighted by Gasteiger charge is 2.23. The average Bonchev–Trinajstić information content (AvgIpc) is 3.14. The molecule has 0 saturated carbocycles. The van der Waals surface area contributed by atoms with Gasteiger partial charge in [-0.25, -0.2) is 9.37 Å². The van der Waals surface area contributed by atoms with Crippen molar-refractivity contribution in [2.75, 3.05) is 6.61 Å². The molecule has 3 aromatic carbocycles. The lowest BCUT2D eigenvalue weighted by Crippen LogP contribution is -2.06. The van der Waals surface area contributed by atoms with Crippen LogP contribution in [0.15, 0.2) is 60.2 Å². The molecule has 0 fully saturated rings. The van der Waals surface area contributed by atoms with Crippen molar-refractivity contribution in [3.63, 3.8) is 0 Å². The first-order valence-corrected chi connectivity index (χ1v) is 11.4. The summed E-state index contributed by atoms with van der Waals surface area (Å²) in [5, 5.41) is 19.6. The van der Waals surface area contributed by atoms with E-state index in [9.17, 15) is 14.8 Å². The highest BCUT2D eigenvalue weighted by atomic mass is 19.1. The van der Waals surface area contributed by atoms with E-state index >= 15 is 0 Å². The van der Waals surface area contributed by atoms with E-state index in [4.69, 9.17) is 9.47 Å². The van der Waals surface area contributed by atoms with Crippen LogP contribution in [0, 0.1) is 17.1 Å². The van der Waals surface area contributed by atoms with E-state index < -0.39 is 0 Å². The number of nitriles is 1. The smallest absolute Gasteiger partial charge is 0.147 e. The van der Waals surface area contributed by atoms with Gasteiger partial charge < -0.3 is 19.1 Å². The van der Waals surface area contributed by atoms with Gasteiger partial charge in [-0.2, -0.15) is 5.26 Å². The fourth-order valence-corrected chi connectivity index (χ4v) is 4.61. The Morgan fingerprint density at radius 3 is 2.80 bits per heavy atom. The quantitative estimate of drug-likeness (QED) is 0.399. The summed E-state index contributed by atoms with van der Waals surface area (Å²) >= 11 is 0. The van der Waals surface area contributed by atoms with Crippen molar-refractivity contribution in [3.05, 3.63) is 94.1 Å². The van der Waals surface area contributed by atoms with E-state index in [1.807, 2.05) is 47.9 Å². The third-order valence-corrected chi connectivity index (χ3v) is 6.18. The van der Waals surface area contributed by atoms with Crippen LogP contribution in [0.4, 0.5) is 4.39 Å². The topological polar surface area (TPSA) is 80.3 Å². The summed E-state index contributed by atoms with van der Waals surface area (Å²) in [4.78, 5) is 4.61. The first-order valence-electron chi connectivity index (χ1n) is 11.4. The first-order chi connectivity index (χ1) is 17.0. The molecule has 0 amide bonds. The second kappa shape index (κ2) is 9.24. The van der Waals surface area contributed by atoms with Gasteiger partial charge in [0.2, 0.25) is 0 Å². The Morgan fingerprint density at radius 2 is 2.03 bits per heavy atom. The zero-order valence-corrected chi connectivity index (χ0v) is 19.5. The van der Waals surface area contributed by atoms with E-state index in [1.54, 1.807) is 13.0 Å². The van der Waals surface area contributed by atoms with Gasteiger partial charge in [0, 0.05) is 29.3 Å². The number of nitrogens with zero attached hydrogens (tertiary/aromatic N) is 3. The maximum absolute atomic E-state index is 13.9. The normalized spacial score (nSPS) is 13.9. The van der Waals surface area contributed by atoms with E-state index in [2.05, 4.69) is 11.1 Å². The standard InChI is InChI=1S/C28H24FN3O3/c1-3-34-24-6-4-5-23-28(24)31-26(15-33)32(23)14-18-7-9-21-19(11-18)16-35-25-12-20(29)8-10-22(25)27(21)17(2)13-30/h4-12,33H,3,14-16H2,1-2H3. The van der Waals surface area contributed by atoms with Gasteiger partial charge in [-0.1, -0.05) is 18.2 Å². The second-order valence-electron chi connectivity index (χ2n) is 8.36. The Labute approximate surface area is 202 Å². The first kappa shape index (κ1) is 22.6. The summed E-state index contributed by atoms with van der Waals surface area (Å²) in [6.45, 7) is 4.72. The van der Waals surface area contributed by atoms with Gasteiger partial charge in [0.15, 0.2) is 0 Å². The Morgan fingerprint density at radius 1 is 1.20 bits per heavy atom. The summed E-state index contributed by atoms with van der Waals surface area (Å²) in [7, 11) is 0. The molecule has 0 bridgehead atoms. The Hall–Kier alpha value is -4.15. The molecule has 0 spiro atoms. The van der Waals surface area contributed by atoms with Gasteiger partial charge in [-0.3, -0.25) is 0 Å². The molecule has 4 aromatic rings. The fraction of sp³-hybridized carbons (Fsp3) is 0.214. The molecule has 6 nitrogen and oxygen atoms in total. The molecular weight excluding hydrogens is 445 g/mol. The Bertz CT molecular complexity index is 1510. The van der Waals surface area contributed by atoms with Gasteiger partial charge in [0.25, 0.3) is 0 Å². The van der Waals surface area contributed by atoms with Crippen molar-refractivity contribution < 1.29 is 19.0 Å². The number of imidazole rings is 1. The highest BCUT2D eigenvalue weighted by molar-refractivity contribution is 5.88. The predicted octanol–water partition coefficient (Wildman–Crippen LogP) is 5.35. The van der Waals surface area contributed by atoms with Crippen molar-refractivity contribution in [2.24, 2.45) is 0 Å². The van der Waals surface area contributed by atoms with E-state index in [0.29, 0.717) is 47.1 Å². The molecule has 1 aliphatic rings. The number of halogens is 1. The Kier molecular flexibility index (Phi) is 5.98. The summed E-state index contributed by atoms with van der Waals surface area (Å²) in [6, 6.07) is 18.4. The molecule has 1 aromatic heterocycles. The number of allylic oxidation sites excluding steroid dienone is 1. The third-order valence-electron chi connectivity index (χ3n) is 6.18. The Balaban J connectivity index is 1.59. The number of para-hydroxylation sites is 1. The van der Waals surface area contributed by atoms with Gasteiger partial charge in [-0.15, -0.1) is 0 Å². The van der Waals surface area contributed by atoms with Crippen LogP contribution in [0.3, 0.4) is 0 Å². The number of fused-ring (bicyclic) bond motifs is 3. The summed E-state index contributed by atoms with van der Waals surface area (Å²) in [6.07, 6.45) is 0. The van der Waals surface area contributed by atoms with Crippen LogP contribution in [0.5, 0.6) is 11.5 Å². The zero-order valence-electron chi connectivity index (χ0n) is 19.5. The number of ether oxygens (including phenoxy) is 2. The molecule has 0 atom stereocenters. The van der Waals surface area contributed by atoms with Crippen molar-refractivity contribution in [1.29, 1.82) is 5.26 Å². The molecule has 1 N–H and O–H groups in total. The molecule has 176 valence electrons. The van der Waals surface area contributed by atoms with Crippen molar-refractivity contribution in [3.8, 4) is 17.6 Å². The monoisotopic (exact) mass is 469 g/mol. The van der Waals surface area contributed by atoms with E-state index in [0.717, 1.165) is 27.8 Å². The van der Waals surface area contributed by atoms with Gasteiger partial charge in [-0.05, 0) is 60.9 Å². The summed E-state index contributed by atoms with van der Waals surface area (Å²) < 4.78 is 27.6. The third kappa shape index (κ3) is 4.02. The second-order valence-corrected chi connectivity index (χ2v) is 8.36. The molecule has 7 heteroatoms. The number of benzene rings is 3. The van der Waals surface area contributed by atoms with Crippen LogP contribution < -0.4 is 9.47 Å². The molecular formula is C28H24FN3O3. The molecule has 0 radical (unpaired) electrons. The molecule has 35 heavy (non-hydrogen) atoms. The maximum atomic E-state index is 13.9. The molecule has 0 saturated heterocycles.